The maximum atomic E-state index is 11.5. The van der Waals surface area contributed by atoms with Crippen molar-refractivity contribution in [3.05, 3.63) is 65.2 Å². The van der Waals surface area contributed by atoms with Gasteiger partial charge in [0.2, 0.25) is 0 Å². The zero-order chi connectivity index (χ0) is 15.1. The number of benzene rings is 2. The van der Waals surface area contributed by atoms with Crippen LogP contribution in [0, 0.1) is 0 Å². The molecule has 0 aliphatic rings. The number of amides is 1. The molecule has 0 unspecified atom stereocenters. The summed E-state index contributed by atoms with van der Waals surface area (Å²) in [5.41, 5.74) is 9.74. The van der Waals surface area contributed by atoms with Crippen LogP contribution < -0.4 is 16.0 Å². The molecule has 0 fully saturated rings. The van der Waals surface area contributed by atoms with Crippen molar-refractivity contribution in [1.82, 2.24) is 5.48 Å². The summed E-state index contributed by atoms with van der Waals surface area (Å²) < 4.78 is 5.68. The molecule has 5 heteroatoms. The molecule has 2 rings (SSSR count). The van der Waals surface area contributed by atoms with Crippen LogP contribution in [0.25, 0.3) is 0 Å². The summed E-state index contributed by atoms with van der Waals surface area (Å²) in [5, 5.41) is 8.60. The van der Waals surface area contributed by atoms with E-state index in [1.165, 1.54) is 0 Å². The molecule has 0 aromatic heterocycles. The van der Waals surface area contributed by atoms with Crippen molar-refractivity contribution >= 4 is 5.91 Å². The number of rotatable bonds is 7. The van der Waals surface area contributed by atoms with E-state index < -0.39 is 5.91 Å². The van der Waals surface area contributed by atoms with Gasteiger partial charge in [-0.15, -0.1) is 0 Å². The lowest BCUT2D eigenvalue weighted by atomic mass is 10.1. The van der Waals surface area contributed by atoms with Crippen molar-refractivity contribution in [2.45, 2.75) is 13.0 Å². The van der Waals surface area contributed by atoms with Gasteiger partial charge < -0.3 is 15.7 Å². The molecule has 0 saturated carbocycles. The fourth-order valence-electron chi connectivity index (χ4n) is 1.99. The van der Waals surface area contributed by atoms with Crippen LogP contribution >= 0.6 is 0 Å². The maximum Gasteiger partial charge on any atom is 0.252 e. The van der Waals surface area contributed by atoms with E-state index in [9.17, 15) is 4.79 Å². The highest BCUT2D eigenvalue weighted by atomic mass is 16.5. The van der Waals surface area contributed by atoms with E-state index >= 15 is 0 Å². The van der Waals surface area contributed by atoms with Crippen LogP contribution in [-0.4, -0.2) is 17.7 Å². The van der Waals surface area contributed by atoms with Crippen molar-refractivity contribution in [2.24, 2.45) is 5.73 Å². The Morgan fingerprint density at radius 2 is 1.90 bits per heavy atom. The second-order valence-corrected chi connectivity index (χ2v) is 4.63. The summed E-state index contributed by atoms with van der Waals surface area (Å²) in [6.45, 7) is 0.779. The van der Waals surface area contributed by atoms with Crippen molar-refractivity contribution in [2.75, 3.05) is 6.54 Å². The van der Waals surface area contributed by atoms with Gasteiger partial charge in [-0.3, -0.25) is 4.79 Å². The Bertz CT molecular complexity index is 600. The van der Waals surface area contributed by atoms with Gasteiger partial charge >= 0.3 is 0 Å². The van der Waals surface area contributed by atoms with Crippen molar-refractivity contribution in [1.29, 1.82) is 0 Å². The normalized spacial score (nSPS) is 10.3. The van der Waals surface area contributed by atoms with Crippen LogP contribution in [0.4, 0.5) is 0 Å². The van der Waals surface area contributed by atoms with Gasteiger partial charge in [-0.2, -0.15) is 0 Å². The molecule has 0 heterocycles. The third-order valence-electron chi connectivity index (χ3n) is 3.07. The van der Waals surface area contributed by atoms with Gasteiger partial charge in [0.05, 0.1) is 5.56 Å². The highest BCUT2D eigenvalue weighted by molar-refractivity contribution is 5.95. The average Bonchev–Trinajstić information content (AvgIpc) is 2.52. The maximum absolute atomic E-state index is 11.5. The van der Waals surface area contributed by atoms with Gasteiger partial charge in [0.15, 0.2) is 0 Å². The third-order valence-corrected chi connectivity index (χ3v) is 3.07. The number of carbonyl (C=O) groups excluding carboxylic acids is 1. The Morgan fingerprint density at radius 1 is 1.14 bits per heavy atom. The summed E-state index contributed by atoms with van der Waals surface area (Å²) in [6.07, 6.45) is 0.593. The zero-order valence-corrected chi connectivity index (χ0v) is 11.6. The molecular formula is C16H18N2O3. The minimum atomic E-state index is -0.531. The van der Waals surface area contributed by atoms with E-state index in [2.05, 4.69) is 5.48 Å². The molecule has 0 aliphatic heterocycles. The standard InChI is InChI=1S/C16H18N2O3/c17-16(19)14-10-12(8-9-18-20)6-7-15(14)21-11-13-4-2-1-3-5-13/h1-7,10,18,20H,8-9,11H2,(H2,17,19). The number of nitrogens with one attached hydrogen (secondary N) is 1. The first-order valence-electron chi connectivity index (χ1n) is 6.67. The van der Waals surface area contributed by atoms with Crippen LogP contribution in [0.1, 0.15) is 21.5 Å². The molecular weight excluding hydrogens is 268 g/mol. The van der Waals surface area contributed by atoms with E-state index in [0.717, 1.165) is 11.1 Å². The molecule has 21 heavy (non-hydrogen) atoms. The first kappa shape index (κ1) is 15.0. The molecule has 0 bridgehead atoms. The quantitative estimate of drug-likeness (QED) is 0.679. The second kappa shape index (κ2) is 7.42. The molecule has 110 valence electrons. The molecule has 4 N–H and O–H groups in total. The summed E-state index contributed by atoms with van der Waals surface area (Å²) in [7, 11) is 0. The highest BCUT2D eigenvalue weighted by Gasteiger charge is 2.11. The number of hydrogen-bond acceptors (Lipinski definition) is 4. The Balaban J connectivity index is 2.12. The first-order chi connectivity index (χ1) is 10.2. The Kier molecular flexibility index (Phi) is 5.31. The van der Waals surface area contributed by atoms with E-state index in [1.54, 1.807) is 12.1 Å². The molecule has 5 nitrogen and oxygen atoms in total. The molecule has 2 aromatic carbocycles. The Morgan fingerprint density at radius 3 is 2.57 bits per heavy atom. The second-order valence-electron chi connectivity index (χ2n) is 4.63. The lowest BCUT2D eigenvalue weighted by molar-refractivity contribution is 0.0996. The summed E-state index contributed by atoms with van der Waals surface area (Å²) in [5.74, 6) is -0.0658. The lowest BCUT2D eigenvalue weighted by Crippen LogP contribution is -2.15. The number of hydroxylamine groups is 1. The Labute approximate surface area is 123 Å². The lowest BCUT2D eigenvalue weighted by Gasteiger charge is -2.11. The number of carbonyl (C=O) groups is 1. The van der Waals surface area contributed by atoms with Crippen molar-refractivity contribution in [3.63, 3.8) is 0 Å². The van der Waals surface area contributed by atoms with Gasteiger partial charge in [-0.05, 0) is 29.7 Å². The Hall–Kier alpha value is -2.37. The van der Waals surface area contributed by atoms with Crippen LogP contribution in [0.5, 0.6) is 5.75 Å². The number of hydrogen-bond donors (Lipinski definition) is 3. The van der Waals surface area contributed by atoms with E-state index in [4.69, 9.17) is 15.7 Å². The molecule has 0 aliphatic carbocycles. The van der Waals surface area contributed by atoms with Gasteiger partial charge in [0.1, 0.15) is 12.4 Å². The third kappa shape index (κ3) is 4.30. The minimum Gasteiger partial charge on any atom is -0.488 e. The molecule has 0 saturated heterocycles. The van der Waals surface area contributed by atoms with Crippen LogP contribution in [-0.2, 0) is 13.0 Å². The van der Waals surface area contributed by atoms with E-state index in [0.29, 0.717) is 30.9 Å². The van der Waals surface area contributed by atoms with Crippen molar-refractivity contribution < 1.29 is 14.7 Å². The molecule has 0 atom stereocenters. The van der Waals surface area contributed by atoms with Crippen LogP contribution in [0.15, 0.2) is 48.5 Å². The van der Waals surface area contributed by atoms with E-state index in [-0.39, 0.29) is 0 Å². The summed E-state index contributed by atoms with van der Waals surface area (Å²) in [4.78, 5) is 11.5. The molecule has 0 radical (unpaired) electrons. The number of ether oxygens (including phenoxy) is 1. The van der Waals surface area contributed by atoms with Crippen molar-refractivity contribution in [3.8, 4) is 5.75 Å². The summed E-state index contributed by atoms with van der Waals surface area (Å²) in [6, 6.07) is 15.0. The van der Waals surface area contributed by atoms with Gasteiger partial charge in [-0.25, -0.2) is 5.48 Å². The highest BCUT2D eigenvalue weighted by Crippen LogP contribution is 2.21. The molecule has 2 aromatic rings. The molecule has 1 amide bonds. The topological polar surface area (TPSA) is 84.6 Å². The monoisotopic (exact) mass is 286 g/mol. The zero-order valence-electron chi connectivity index (χ0n) is 11.6. The number of nitrogens with two attached hydrogens (primary N) is 1. The first-order valence-corrected chi connectivity index (χ1v) is 6.67. The summed E-state index contributed by atoms with van der Waals surface area (Å²) >= 11 is 0. The predicted octanol–water partition coefficient (Wildman–Crippen LogP) is 1.89. The van der Waals surface area contributed by atoms with Gasteiger partial charge in [0.25, 0.3) is 5.91 Å². The van der Waals surface area contributed by atoms with Crippen LogP contribution in [0.3, 0.4) is 0 Å². The predicted molar refractivity (Wildman–Crippen MR) is 79.2 cm³/mol. The number of primary amides is 1. The fourth-order valence-corrected chi connectivity index (χ4v) is 1.99. The molecule has 0 spiro atoms. The fraction of sp³-hybridized carbons (Fsp3) is 0.188. The average molecular weight is 286 g/mol. The smallest absolute Gasteiger partial charge is 0.252 e. The van der Waals surface area contributed by atoms with Crippen LogP contribution in [0.2, 0.25) is 0 Å². The SMILES string of the molecule is NC(=O)c1cc(CCNO)ccc1OCc1ccccc1. The largest absolute Gasteiger partial charge is 0.488 e. The van der Waals surface area contributed by atoms with Gasteiger partial charge in [-0.1, -0.05) is 36.4 Å². The van der Waals surface area contributed by atoms with Gasteiger partial charge in [0, 0.05) is 6.54 Å². The minimum absolute atomic E-state index is 0.348. The van der Waals surface area contributed by atoms with E-state index in [1.807, 2.05) is 36.4 Å².